The summed E-state index contributed by atoms with van der Waals surface area (Å²) in [6.07, 6.45) is 0. The van der Waals surface area contributed by atoms with Crippen molar-refractivity contribution in [2.24, 2.45) is 0 Å². The third-order valence-electron chi connectivity index (χ3n) is 2.53. The van der Waals surface area contributed by atoms with Crippen molar-refractivity contribution in [2.75, 3.05) is 5.73 Å². The van der Waals surface area contributed by atoms with Gasteiger partial charge in [0.1, 0.15) is 24.0 Å². The molecule has 0 radical (unpaired) electrons. The predicted molar refractivity (Wildman–Crippen MR) is 66.3 cm³/mol. The minimum Gasteiger partial charge on any atom is -0.487 e. The molecule has 3 nitrogen and oxygen atoms in total. The molecule has 96 valence electrons. The SMILES string of the molecule is N#Cc1ccc(OCc2cc(F)ccc2F)c(N)c1. The number of nitrogens with zero attached hydrogens (tertiary/aromatic N) is 1. The van der Waals surface area contributed by atoms with Gasteiger partial charge in [0.25, 0.3) is 0 Å². The molecule has 0 aliphatic carbocycles. The molecule has 0 amide bonds. The highest BCUT2D eigenvalue weighted by molar-refractivity contribution is 5.56. The zero-order chi connectivity index (χ0) is 13.8. The van der Waals surface area contributed by atoms with Gasteiger partial charge >= 0.3 is 0 Å². The van der Waals surface area contributed by atoms with E-state index >= 15 is 0 Å². The largest absolute Gasteiger partial charge is 0.487 e. The number of rotatable bonds is 3. The molecule has 0 aliphatic heterocycles. The second-order valence-electron chi connectivity index (χ2n) is 3.89. The molecule has 19 heavy (non-hydrogen) atoms. The van der Waals surface area contributed by atoms with Gasteiger partial charge in [-0.1, -0.05) is 0 Å². The molecular formula is C14H10F2N2O. The van der Waals surface area contributed by atoms with Crippen LogP contribution in [0.5, 0.6) is 5.75 Å². The first-order valence-corrected chi connectivity index (χ1v) is 5.46. The van der Waals surface area contributed by atoms with Crippen LogP contribution in [0.15, 0.2) is 36.4 Å². The van der Waals surface area contributed by atoms with Crippen LogP contribution >= 0.6 is 0 Å². The molecule has 0 spiro atoms. The average molecular weight is 260 g/mol. The molecule has 5 heteroatoms. The quantitative estimate of drug-likeness (QED) is 0.863. The number of nitrogens with two attached hydrogens (primary N) is 1. The highest BCUT2D eigenvalue weighted by Gasteiger charge is 2.07. The van der Waals surface area contributed by atoms with Gasteiger partial charge in [-0.15, -0.1) is 0 Å². The maximum Gasteiger partial charge on any atom is 0.142 e. The maximum atomic E-state index is 13.4. The minimum absolute atomic E-state index is 0.101. The van der Waals surface area contributed by atoms with E-state index in [0.717, 1.165) is 18.2 Å². The fourth-order valence-electron chi connectivity index (χ4n) is 1.56. The summed E-state index contributed by atoms with van der Waals surface area (Å²) < 4.78 is 31.7. The number of benzene rings is 2. The lowest BCUT2D eigenvalue weighted by atomic mass is 10.2. The van der Waals surface area contributed by atoms with Crippen molar-refractivity contribution in [1.82, 2.24) is 0 Å². The smallest absolute Gasteiger partial charge is 0.142 e. The first-order valence-electron chi connectivity index (χ1n) is 5.46. The molecule has 2 aromatic rings. The van der Waals surface area contributed by atoms with E-state index < -0.39 is 11.6 Å². The lowest BCUT2D eigenvalue weighted by Gasteiger charge is -2.09. The molecule has 0 unspecified atom stereocenters. The monoisotopic (exact) mass is 260 g/mol. The van der Waals surface area contributed by atoms with E-state index in [-0.39, 0.29) is 17.9 Å². The summed E-state index contributed by atoms with van der Waals surface area (Å²) in [5.41, 5.74) is 6.46. The summed E-state index contributed by atoms with van der Waals surface area (Å²) in [5, 5.41) is 8.69. The highest BCUT2D eigenvalue weighted by Crippen LogP contribution is 2.23. The first-order chi connectivity index (χ1) is 9.10. The molecule has 0 heterocycles. The minimum atomic E-state index is -0.548. The Kier molecular flexibility index (Phi) is 3.62. The lowest BCUT2D eigenvalue weighted by Crippen LogP contribution is -2.01. The number of nitriles is 1. The van der Waals surface area contributed by atoms with Crippen molar-refractivity contribution in [3.8, 4) is 11.8 Å². The summed E-state index contributed by atoms with van der Waals surface area (Å²) in [4.78, 5) is 0. The molecule has 0 fully saturated rings. The number of hydrogen-bond donors (Lipinski definition) is 1. The van der Waals surface area contributed by atoms with Crippen LogP contribution < -0.4 is 10.5 Å². The molecule has 2 N–H and O–H groups in total. The van der Waals surface area contributed by atoms with Crippen LogP contribution in [0.2, 0.25) is 0 Å². The van der Waals surface area contributed by atoms with Gasteiger partial charge in [-0.25, -0.2) is 8.78 Å². The second-order valence-corrected chi connectivity index (χ2v) is 3.89. The molecular weight excluding hydrogens is 250 g/mol. The molecule has 0 bridgehead atoms. The molecule has 0 saturated carbocycles. The maximum absolute atomic E-state index is 13.4. The number of anilines is 1. The van der Waals surface area contributed by atoms with E-state index in [1.54, 1.807) is 0 Å². The zero-order valence-corrected chi connectivity index (χ0v) is 9.86. The van der Waals surface area contributed by atoms with Gasteiger partial charge in [-0.3, -0.25) is 0 Å². The van der Waals surface area contributed by atoms with E-state index in [4.69, 9.17) is 15.7 Å². The molecule has 0 atom stereocenters. The Morgan fingerprint density at radius 3 is 2.63 bits per heavy atom. The Morgan fingerprint density at radius 2 is 1.95 bits per heavy atom. The average Bonchev–Trinajstić information content (AvgIpc) is 2.40. The molecule has 0 saturated heterocycles. The van der Waals surface area contributed by atoms with Gasteiger partial charge < -0.3 is 10.5 Å². The van der Waals surface area contributed by atoms with Crippen LogP contribution in [0.25, 0.3) is 0 Å². The van der Waals surface area contributed by atoms with Crippen molar-refractivity contribution < 1.29 is 13.5 Å². The topological polar surface area (TPSA) is 59.0 Å². The number of hydrogen-bond acceptors (Lipinski definition) is 3. The summed E-state index contributed by atoms with van der Waals surface area (Å²) in [7, 11) is 0. The fraction of sp³-hybridized carbons (Fsp3) is 0.0714. The molecule has 2 rings (SSSR count). The summed E-state index contributed by atoms with van der Waals surface area (Å²) in [6, 6.07) is 9.59. The van der Waals surface area contributed by atoms with Crippen LogP contribution in [-0.4, -0.2) is 0 Å². The van der Waals surface area contributed by atoms with Crippen molar-refractivity contribution >= 4 is 5.69 Å². The van der Waals surface area contributed by atoms with Gasteiger partial charge in [0, 0.05) is 5.56 Å². The van der Waals surface area contributed by atoms with E-state index in [1.807, 2.05) is 6.07 Å². The van der Waals surface area contributed by atoms with E-state index in [0.29, 0.717) is 11.3 Å². The molecule has 0 aromatic heterocycles. The predicted octanol–water partition coefficient (Wildman–Crippen LogP) is 3.00. The fourth-order valence-corrected chi connectivity index (χ4v) is 1.56. The number of ether oxygens (including phenoxy) is 1. The Labute approximate surface area is 108 Å². The zero-order valence-electron chi connectivity index (χ0n) is 9.86. The third-order valence-corrected chi connectivity index (χ3v) is 2.53. The molecule has 0 aliphatic rings. The summed E-state index contributed by atoms with van der Waals surface area (Å²) >= 11 is 0. The van der Waals surface area contributed by atoms with Crippen LogP contribution in [-0.2, 0) is 6.61 Å². The lowest BCUT2D eigenvalue weighted by molar-refractivity contribution is 0.300. The van der Waals surface area contributed by atoms with Crippen molar-refractivity contribution in [3.05, 3.63) is 59.2 Å². The summed E-state index contributed by atoms with van der Waals surface area (Å²) in [6.45, 7) is -0.139. The van der Waals surface area contributed by atoms with E-state index in [2.05, 4.69) is 0 Å². The Morgan fingerprint density at radius 1 is 1.16 bits per heavy atom. The number of halogens is 2. The number of nitrogen functional groups attached to an aromatic ring is 1. The van der Waals surface area contributed by atoms with E-state index in [9.17, 15) is 8.78 Å². The Bertz CT molecular complexity index is 650. The Hall–Kier alpha value is -2.61. The first kappa shape index (κ1) is 12.8. The van der Waals surface area contributed by atoms with Crippen molar-refractivity contribution in [1.29, 1.82) is 5.26 Å². The van der Waals surface area contributed by atoms with Gasteiger partial charge in [0.15, 0.2) is 0 Å². The van der Waals surface area contributed by atoms with Gasteiger partial charge in [-0.05, 0) is 36.4 Å². The second kappa shape index (κ2) is 5.36. The van der Waals surface area contributed by atoms with Crippen LogP contribution in [0, 0.1) is 23.0 Å². The molecule has 2 aromatic carbocycles. The van der Waals surface area contributed by atoms with Crippen molar-refractivity contribution in [2.45, 2.75) is 6.61 Å². The Balaban J connectivity index is 2.15. The highest BCUT2D eigenvalue weighted by atomic mass is 19.1. The van der Waals surface area contributed by atoms with Gasteiger partial charge in [0.05, 0.1) is 17.3 Å². The standard InChI is InChI=1S/C14H10F2N2O/c15-11-2-3-12(16)10(6-11)8-19-14-4-1-9(7-17)5-13(14)18/h1-6H,8,18H2. The third kappa shape index (κ3) is 2.99. The van der Waals surface area contributed by atoms with Crippen molar-refractivity contribution in [3.63, 3.8) is 0 Å². The summed E-state index contributed by atoms with van der Waals surface area (Å²) in [5.74, 6) is -0.760. The van der Waals surface area contributed by atoms with Gasteiger partial charge in [-0.2, -0.15) is 5.26 Å². The van der Waals surface area contributed by atoms with Crippen LogP contribution in [0.4, 0.5) is 14.5 Å². The normalized spacial score (nSPS) is 9.95. The van der Waals surface area contributed by atoms with Crippen LogP contribution in [0.3, 0.4) is 0 Å². The van der Waals surface area contributed by atoms with Crippen LogP contribution in [0.1, 0.15) is 11.1 Å². The van der Waals surface area contributed by atoms with Gasteiger partial charge in [0.2, 0.25) is 0 Å². The van der Waals surface area contributed by atoms with E-state index in [1.165, 1.54) is 18.2 Å².